The fourth-order valence-corrected chi connectivity index (χ4v) is 5.54. The Morgan fingerprint density at radius 2 is 1.71 bits per heavy atom. The molecular weight excluding hydrogens is 414 g/mol. The molecule has 164 valence electrons. The molecule has 1 saturated heterocycles. The highest BCUT2D eigenvalue weighted by molar-refractivity contribution is 7.89. The second-order valence-corrected chi connectivity index (χ2v) is 9.62. The van der Waals surface area contributed by atoms with Crippen LogP contribution in [0.4, 0.5) is 0 Å². The summed E-state index contributed by atoms with van der Waals surface area (Å²) in [5.41, 5.74) is 2.63. The Balaban J connectivity index is 1.47. The van der Waals surface area contributed by atoms with Gasteiger partial charge in [0.05, 0.1) is 19.7 Å². The van der Waals surface area contributed by atoms with Crippen molar-refractivity contribution in [1.29, 1.82) is 0 Å². The molecule has 0 N–H and O–H groups in total. The lowest BCUT2D eigenvalue weighted by Crippen LogP contribution is -2.48. The number of sulfonamides is 1. The number of nitrogens with zero attached hydrogens (tertiary/aromatic N) is 3. The number of rotatable bonds is 6. The van der Waals surface area contributed by atoms with Gasteiger partial charge in [-0.2, -0.15) is 4.31 Å². The minimum absolute atomic E-state index is 0.276. The number of aromatic nitrogens is 1. The SMILES string of the molecule is COc1ccc(CN2CCN(S(=O)(=O)c3cccc4cc(C)cnc34)CC2)cc1OC. The molecule has 1 aliphatic rings. The zero-order valence-corrected chi connectivity index (χ0v) is 18.9. The Morgan fingerprint density at radius 1 is 0.968 bits per heavy atom. The largest absolute Gasteiger partial charge is 0.493 e. The van der Waals surface area contributed by atoms with E-state index in [2.05, 4.69) is 9.88 Å². The van der Waals surface area contributed by atoms with E-state index in [9.17, 15) is 8.42 Å². The molecule has 0 radical (unpaired) electrons. The molecule has 0 aliphatic carbocycles. The number of piperazine rings is 1. The average molecular weight is 442 g/mol. The van der Waals surface area contributed by atoms with E-state index >= 15 is 0 Å². The molecule has 31 heavy (non-hydrogen) atoms. The quantitative estimate of drug-likeness (QED) is 0.586. The van der Waals surface area contributed by atoms with E-state index in [1.54, 1.807) is 36.9 Å². The summed E-state index contributed by atoms with van der Waals surface area (Å²) < 4.78 is 38.9. The number of methoxy groups -OCH3 is 2. The van der Waals surface area contributed by atoms with E-state index in [1.165, 1.54) is 0 Å². The highest BCUT2D eigenvalue weighted by Crippen LogP contribution is 2.29. The highest BCUT2D eigenvalue weighted by atomic mass is 32.2. The molecule has 4 rings (SSSR count). The van der Waals surface area contributed by atoms with Crippen LogP contribution in [0.2, 0.25) is 0 Å². The van der Waals surface area contributed by atoms with Crippen LogP contribution in [-0.2, 0) is 16.6 Å². The van der Waals surface area contributed by atoms with Gasteiger partial charge in [0, 0.05) is 44.3 Å². The molecule has 1 fully saturated rings. The van der Waals surface area contributed by atoms with E-state index < -0.39 is 10.0 Å². The molecule has 0 saturated carbocycles. The molecule has 2 heterocycles. The Labute approximate surface area is 183 Å². The van der Waals surface area contributed by atoms with E-state index in [0.29, 0.717) is 43.2 Å². The molecule has 8 heteroatoms. The van der Waals surface area contributed by atoms with Gasteiger partial charge < -0.3 is 9.47 Å². The second-order valence-electron chi connectivity index (χ2n) is 7.71. The normalized spacial score (nSPS) is 15.8. The monoisotopic (exact) mass is 441 g/mol. The van der Waals surface area contributed by atoms with Gasteiger partial charge >= 0.3 is 0 Å². The molecule has 0 atom stereocenters. The van der Waals surface area contributed by atoms with Crippen LogP contribution >= 0.6 is 0 Å². The summed E-state index contributed by atoms with van der Waals surface area (Å²) in [5.74, 6) is 1.39. The number of aryl methyl sites for hydroxylation is 1. The van der Waals surface area contributed by atoms with Crippen molar-refractivity contribution in [2.75, 3.05) is 40.4 Å². The topological polar surface area (TPSA) is 72.0 Å². The molecule has 2 aromatic carbocycles. The minimum Gasteiger partial charge on any atom is -0.493 e. The fourth-order valence-electron chi connectivity index (χ4n) is 3.96. The molecule has 7 nitrogen and oxygen atoms in total. The number of hydrogen-bond donors (Lipinski definition) is 0. The third kappa shape index (κ3) is 4.37. The summed E-state index contributed by atoms with van der Waals surface area (Å²) in [6, 6.07) is 13.2. The van der Waals surface area contributed by atoms with Gasteiger partial charge in [-0.1, -0.05) is 18.2 Å². The van der Waals surface area contributed by atoms with E-state index in [0.717, 1.165) is 23.1 Å². The lowest BCUT2D eigenvalue weighted by Gasteiger charge is -2.34. The Kier molecular flexibility index (Phi) is 6.13. The van der Waals surface area contributed by atoms with Gasteiger partial charge in [0.2, 0.25) is 10.0 Å². The van der Waals surface area contributed by atoms with Gasteiger partial charge in [0.15, 0.2) is 11.5 Å². The summed E-state index contributed by atoms with van der Waals surface area (Å²) in [4.78, 5) is 6.93. The maximum absolute atomic E-state index is 13.3. The summed E-state index contributed by atoms with van der Waals surface area (Å²) >= 11 is 0. The number of benzene rings is 2. The van der Waals surface area contributed by atoms with Crippen molar-refractivity contribution in [3.8, 4) is 11.5 Å². The maximum Gasteiger partial charge on any atom is 0.245 e. The number of fused-ring (bicyclic) bond motifs is 1. The Bertz CT molecular complexity index is 1190. The summed E-state index contributed by atoms with van der Waals surface area (Å²) in [6.07, 6.45) is 1.71. The smallest absolute Gasteiger partial charge is 0.245 e. The molecular formula is C23H27N3O4S. The second kappa shape index (κ2) is 8.82. The molecule has 3 aromatic rings. The maximum atomic E-state index is 13.3. The van der Waals surface area contributed by atoms with Gasteiger partial charge in [0.1, 0.15) is 4.90 Å². The van der Waals surface area contributed by atoms with Crippen LogP contribution in [0.3, 0.4) is 0 Å². The molecule has 0 unspecified atom stereocenters. The van der Waals surface area contributed by atoms with Crippen LogP contribution in [0.15, 0.2) is 53.6 Å². The first-order chi connectivity index (χ1) is 14.9. The van der Waals surface area contributed by atoms with Gasteiger partial charge in [0.25, 0.3) is 0 Å². The van der Waals surface area contributed by atoms with Gasteiger partial charge in [-0.15, -0.1) is 0 Å². The van der Waals surface area contributed by atoms with Crippen molar-refractivity contribution < 1.29 is 17.9 Å². The van der Waals surface area contributed by atoms with Crippen molar-refractivity contribution in [3.05, 3.63) is 59.8 Å². The lowest BCUT2D eigenvalue weighted by molar-refractivity contribution is 0.181. The minimum atomic E-state index is -3.61. The predicted octanol–water partition coefficient (Wildman–Crippen LogP) is 3.07. The first kappa shape index (κ1) is 21.5. The average Bonchev–Trinajstić information content (AvgIpc) is 2.78. The van der Waals surface area contributed by atoms with Crippen molar-refractivity contribution in [1.82, 2.24) is 14.2 Å². The summed E-state index contributed by atoms with van der Waals surface area (Å²) in [5, 5.41) is 0.841. The molecule has 0 bridgehead atoms. The number of para-hydroxylation sites is 1. The lowest BCUT2D eigenvalue weighted by atomic mass is 10.1. The summed E-state index contributed by atoms with van der Waals surface area (Å²) in [7, 11) is -0.375. The molecule has 1 aromatic heterocycles. The molecule has 1 aliphatic heterocycles. The van der Waals surface area contributed by atoms with Crippen molar-refractivity contribution in [2.24, 2.45) is 0 Å². The van der Waals surface area contributed by atoms with E-state index in [1.807, 2.05) is 37.3 Å². The highest BCUT2D eigenvalue weighted by Gasteiger charge is 2.30. The van der Waals surface area contributed by atoms with Crippen LogP contribution < -0.4 is 9.47 Å². The predicted molar refractivity (Wildman–Crippen MR) is 120 cm³/mol. The third-order valence-electron chi connectivity index (χ3n) is 5.61. The zero-order chi connectivity index (χ0) is 22.0. The fraction of sp³-hybridized carbons (Fsp3) is 0.348. The van der Waals surface area contributed by atoms with Crippen molar-refractivity contribution in [2.45, 2.75) is 18.4 Å². The van der Waals surface area contributed by atoms with Gasteiger partial charge in [-0.25, -0.2) is 8.42 Å². The van der Waals surface area contributed by atoms with Crippen LogP contribution in [0.5, 0.6) is 11.5 Å². The van der Waals surface area contributed by atoms with E-state index in [4.69, 9.17) is 9.47 Å². The molecule has 0 spiro atoms. The number of hydrogen-bond acceptors (Lipinski definition) is 6. The van der Waals surface area contributed by atoms with Crippen molar-refractivity contribution >= 4 is 20.9 Å². The first-order valence-electron chi connectivity index (χ1n) is 10.2. The summed E-state index contributed by atoms with van der Waals surface area (Å²) in [6.45, 7) is 4.88. The standard InChI is InChI=1S/C23H27N3O4S/c1-17-13-19-5-4-6-22(23(19)24-15-17)31(27,28)26-11-9-25(10-12-26)16-18-7-8-20(29-2)21(14-18)30-3/h4-8,13-15H,9-12,16H2,1-3H3. The number of pyridine rings is 1. The van der Waals surface area contributed by atoms with Crippen LogP contribution in [0.1, 0.15) is 11.1 Å². The third-order valence-corrected chi connectivity index (χ3v) is 7.54. The van der Waals surface area contributed by atoms with Crippen LogP contribution in [0.25, 0.3) is 10.9 Å². The first-order valence-corrected chi connectivity index (χ1v) is 11.6. The van der Waals surface area contributed by atoms with E-state index in [-0.39, 0.29) is 4.90 Å². The Hall–Kier alpha value is -2.68. The van der Waals surface area contributed by atoms with Crippen LogP contribution in [-0.4, -0.2) is 63.0 Å². The zero-order valence-electron chi connectivity index (χ0n) is 18.0. The number of ether oxygens (including phenoxy) is 2. The van der Waals surface area contributed by atoms with Crippen LogP contribution in [0, 0.1) is 6.92 Å². The van der Waals surface area contributed by atoms with Gasteiger partial charge in [-0.3, -0.25) is 9.88 Å². The molecule has 0 amide bonds. The van der Waals surface area contributed by atoms with Crippen molar-refractivity contribution in [3.63, 3.8) is 0 Å². The Morgan fingerprint density at radius 3 is 2.42 bits per heavy atom. The van der Waals surface area contributed by atoms with Gasteiger partial charge in [-0.05, 0) is 42.3 Å².